The summed E-state index contributed by atoms with van der Waals surface area (Å²) >= 11 is 2.17. The summed E-state index contributed by atoms with van der Waals surface area (Å²) in [5.41, 5.74) is 1.16. The number of rotatable bonds is 5. The summed E-state index contributed by atoms with van der Waals surface area (Å²) in [7, 11) is -3.59. The summed E-state index contributed by atoms with van der Waals surface area (Å²) in [5, 5.41) is 3.06. The Hall–Kier alpha value is -1.28. The Morgan fingerprint density at radius 1 is 1.05 bits per heavy atom. The third-order valence-electron chi connectivity index (χ3n) is 2.64. The van der Waals surface area contributed by atoms with Crippen molar-refractivity contribution in [2.24, 2.45) is 0 Å². The second kappa shape index (κ2) is 6.45. The molecule has 0 aliphatic carbocycles. The number of anilines is 2. The minimum atomic E-state index is -3.59. The zero-order chi connectivity index (χ0) is 14.6. The van der Waals surface area contributed by atoms with E-state index in [1.807, 2.05) is 25.1 Å². The molecule has 0 aliphatic rings. The number of hydrogen-bond acceptors (Lipinski definition) is 3. The lowest BCUT2D eigenvalue weighted by molar-refractivity contribution is 0.601. The summed E-state index contributed by atoms with van der Waals surface area (Å²) < 4.78 is 28.5. The largest absolute Gasteiger partial charge is 0.384 e. The molecule has 4 nitrogen and oxygen atoms in total. The molecule has 0 bridgehead atoms. The zero-order valence-corrected chi connectivity index (χ0v) is 13.9. The molecule has 0 saturated carbocycles. The van der Waals surface area contributed by atoms with E-state index in [0.29, 0.717) is 17.9 Å². The molecule has 0 atom stereocenters. The maximum atomic E-state index is 12.4. The molecular weight excluding hydrogens is 387 g/mol. The van der Waals surface area contributed by atoms with Crippen molar-refractivity contribution in [1.29, 1.82) is 0 Å². The van der Waals surface area contributed by atoms with Gasteiger partial charge in [-0.05, 0) is 65.9 Å². The fourth-order valence-corrected chi connectivity index (χ4v) is 3.37. The van der Waals surface area contributed by atoms with Crippen LogP contribution in [0, 0.1) is 3.57 Å². The lowest BCUT2D eigenvalue weighted by atomic mass is 10.3. The number of nitrogens with one attached hydrogen (secondary N) is 2. The molecule has 106 valence electrons. The molecule has 0 amide bonds. The van der Waals surface area contributed by atoms with Crippen molar-refractivity contribution in [1.82, 2.24) is 0 Å². The van der Waals surface area contributed by atoms with Crippen molar-refractivity contribution in [2.75, 3.05) is 16.6 Å². The fourth-order valence-electron chi connectivity index (χ4n) is 1.77. The Morgan fingerprint density at radius 3 is 2.35 bits per heavy atom. The molecular formula is C14H15IN2O2S. The van der Waals surface area contributed by atoms with Crippen molar-refractivity contribution < 1.29 is 8.42 Å². The summed E-state index contributed by atoms with van der Waals surface area (Å²) in [6, 6.07) is 14.1. The number of hydrogen-bond donors (Lipinski definition) is 2. The first-order valence-electron chi connectivity index (χ1n) is 6.14. The van der Waals surface area contributed by atoms with E-state index in [1.165, 1.54) is 0 Å². The van der Waals surface area contributed by atoms with Gasteiger partial charge < -0.3 is 5.32 Å². The predicted octanol–water partition coefficient (Wildman–Crippen LogP) is 3.52. The molecule has 0 aromatic heterocycles. The highest BCUT2D eigenvalue weighted by Gasteiger charge is 2.17. The van der Waals surface area contributed by atoms with E-state index in [-0.39, 0.29) is 4.90 Å². The molecule has 2 aromatic carbocycles. The molecule has 0 aliphatic heterocycles. The first kappa shape index (κ1) is 15.1. The van der Waals surface area contributed by atoms with Gasteiger partial charge in [0.25, 0.3) is 10.0 Å². The normalized spacial score (nSPS) is 11.1. The third-order valence-corrected chi connectivity index (χ3v) is 4.80. The molecule has 0 heterocycles. The smallest absolute Gasteiger partial charge is 0.263 e. The van der Waals surface area contributed by atoms with Crippen LogP contribution in [0.15, 0.2) is 53.4 Å². The van der Waals surface area contributed by atoms with Crippen molar-refractivity contribution >= 4 is 44.0 Å². The highest BCUT2D eigenvalue weighted by Crippen LogP contribution is 2.23. The maximum Gasteiger partial charge on any atom is 0.263 e. The van der Waals surface area contributed by atoms with Gasteiger partial charge in [0.2, 0.25) is 0 Å². The fraction of sp³-hybridized carbons (Fsp3) is 0.143. The molecule has 2 aromatic rings. The first-order chi connectivity index (χ1) is 9.53. The molecule has 2 N–H and O–H groups in total. The van der Waals surface area contributed by atoms with Crippen LogP contribution in [0.3, 0.4) is 0 Å². The van der Waals surface area contributed by atoms with Crippen molar-refractivity contribution in [2.45, 2.75) is 11.8 Å². The standard InChI is InChI=1S/C14H15IN2O2S/c1-2-16-13-5-3-4-6-14(13)20(18,19)17-12-9-7-11(15)8-10-12/h3-10,16-17H,2H2,1H3. The Morgan fingerprint density at radius 2 is 1.70 bits per heavy atom. The summed E-state index contributed by atoms with van der Waals surface area (Å²) in [5.74, 6) is 0. The molecule has 0 fully saturated rings. The van der Waals surface area contributed by atoms with E-state index < -0.39 is 10.0 Å². The van der Waals surface area contributed by atoms with E-state index in [4.69, 9.17) is 0 Å². The highest BCUT2D eigenvalue weighted by atomic mass is 127. The number of halogens is 1. The van der Waals surface area contributed by atoms with E-state index in [1.54, 1.807) is 30.3 Å². The van der Waals surface area contributed by atoms with E-state index in [9.17, 15) is 8.42 Å². The van der Waals surface area contributed by atoms with E-state index in [2.05, 4.69) is 32.6 Å². The predicted molar refractivity (Wildman–Crippen MR) is 90.6 cm³/mol. The van der Waals surface area contributed by atoms with Crippen LogP contribution >= 0.6 is 22.6 Å². The molecule has 0 spiro atoms. The first-order valence-corrected chi connectivity index (χ1v) is 8.70. The Bertz CT molecular complexity index is 685. The maximum absolute atomic E-state index is 12.4. The Balaban J connectivity index is 2.33. The zero-order valence-electron chi connectivity index (χ0n) is 10.9. The highest BCUT2D eigenvalue weighted by molar-refractivity contribution is 14.1. The van der Waals surface area contributed by atoms with Gasteiger partial charge in [0.05, 0.1) is 5.69 Å². The minimum Gasteiger partial charge on any atom is -0.384 e. The average Bonchev–Trinajstić information content (AvgIpc) is 2.42. The molecule has 0 unspecified atom stereocenters. The third kappa shape index (κ3) is 3.63. The number of sulfonamides is 1. The van der Waals surface area contributed by atoms with Gasteiger partial charge >= 0.3 is 0 Å². The molecule has 6 heteroatoms. The van der Waals surface area contributed by atoms with Gasteiger partial charge in [-0.3, -0.25) is 4.72 Å². The molecule has 0 saturated heterocycles. The SMILES string of the molecule is CCNc1ccccc1S(=O)(=O)Nc1ccc(I)cc1. The summed E-state index contributed by atoms with van der Waals surface area (Å²) in [6.45, 7) is 2.59. The van der Waals surface area contributed by atoms with Gasteiger partial charge in [0.15, 0.2) is 0 Å². The average molecular weight is 402 g/mol. The molecule has 20 heavy (non-hydrogen) atoms. The quantitative estimate of drug-likeness (QED) is 0.753. The van der Waals surface area contributed by atoms with Crippen LogP contribution in [0.1, 0.15) is 6.92 Å². The van der Waals surface area contributed by atoms with Crippen LogP contribution in [0.5, 0.6) is 0 Å². The molecule has 0 radical (unpaired) electrons. The summed E-state index contributed by atoms with van der Waals surface area (Å²) in [6.07, 6.45) is 0. The van der Waals surface area contributed by atoms with Gasteiger partial charge in [0, 0.05) is 15.8 Å². The monoisotopic (exact) mass is 402 g/mol. The van der Waals surface area contributed by atoms with Crippen molar-refractivity contribution in [3.8, 4) is 0 Å². The van der Waals surface area contributed by atoms with Crippen molar-refractivity contribution in [3.05, 3.63) is 52.1 Å². The second-order valence-electron chi connectivity index (χ2n) is 4.14. The van der Waals surface area contributed by atoms with Crippen LogP contribution in [0.2, 0.25) is 0 Å². The van der Waals surface area contributed by atoms with Crippen LogP contribution in [-0.4, -0.2) is 15.0 Å². The van der Waals surface area contributed by atoms with Gasteiger partial charge in [-0.15, -0.1) is 0 Å². The minimum absolute atomic E-state index is 0.250. The summed E-state index contributed by atoms with van der Waals surface area (Å²) in [4.78, 5) is 0.250. The Kier molecular flexibility index (Phi) is 4.87. The number of benzene rings is 2. The van der Waals surface area contributed by atoms with Gasteiger partial charge in [-0.1, -0.05) is 12.1 Å². The van der Waals surface area contributed by atoms with Crippen LogP contribution in [-0.2, 0) is 10.0 Å². The van der Waals surface area contributed by atoms with E-state index >= 15 is 0 Å². The van der Waals surface area contributed by atoms with E-state index in [0.717, 1.165) is 3.57 Å². The van der Waals surface area contributed by atoms with Crippen LogP contribution < -0.4 is 10.0 Å². The lowest BCUT2D eigenvalue weighted by Crippen LogP contribution is -2.15. The van der Waals surface area contributed by atoms with Gasteiger partial charge in [-0.25, -0.2) is 8.42 Å². The van der Waals surface area contributed by atoms with Gasteiger partial charge in [-0.2, -0.15) is 0 Å². The molecule has 2 rings (SSSR count). The van der Waals surface area contributed by atoms with Crippen LogP contribution in [0.25, 0.3) is 0 Å². The Labute approximate surface area is 132 Å². The second-order valence-corrected chi connectivity index (χ2v) is 7.04. The van der Waals surface area contributed by atoms with Crippen molar-refractivity contribution in [3.63, 3.8) is 0 Å². The topological polar surface area (TPSA) is 58.2 Å². The number of para-hydroxylation sites is 1. The lowest BCUT2D eigenvalue weighted by Gasteiger charge is -2.13. The van der Waals surface area contributed by atoms with Gasteiger partial charge in [0.1, 0.15) is 4.90 Å². The van der Waals surface area contributed by atoms with Crippen LogP contribution in [0.4, 0.5) is 11.4 Å².